The molecule has 0 radical (unpaired) electrons. The molecule has 7 heteroatoms. The van der Waals surface area contributed by atoms with Crippen LogP contribution in [-0.2, 0) is 4.74 Å². The van der Waals surface area contributed by atoms with Gasteiger partial charge in [-0.15, -0.1) is 0 Å². The van der Waals surface area contributed by atoms with Crippen molar-refractivity contribution in [2.45, 2.75) is 31.7 Å². The predicted octanol–water partition coefficient (Wildman–Crippen LogP) is 1.76. The van der Waals surface area contributed by atoms with E-state index in [1.807, 2.05) is 4.90 Å². The molecular weight excluding hydrogens is 333 g/mol. The lowest BCUT2D eigenvalue weighted by molar-refractivity contribution is 0.0183. The van der Waals surface area contributed by atoms with Crippen LogP contribution in [0.15, 0.2) is 6.20 Å². The number of anilines is 2. The highest BCUT2D eigenvalue weighted by molar-refractivity contribution is 5.45. The maximum Gasteiger partial charge on any atom is 0.227 e. The minimum atomic E-state index is -0.327. The third kappa shape index (κ3) is 3.05. The van der Waals surface area contributed by atoms with Crippen LogP contribution >= 0.6 is 0 Å². The van der Waals surface area contributed by atoms with Gasteiger partial charge >= 0.3 is 0 Å². The molecule has 0 aliphatic carbocycles. The van der Waals surface area contributed by atoms with Crippen LogP contribution in [-0.4, -0.2) is 73.4 Å². The topological polar surface area (TPSA) is 44.7 Å². The highest BCUT2D eigenvalue weighted by Gasteiger charge is 2.42. The van der Waals surface area contributed by atoms with E-state index in [0.717, 1.165) is 19.1 Å². The summed E-state index contributed by atoms with van der Waals surface area (Å²) >= 11 is 0. The van der Waals surface area contributed by atoms with Crippen molar-refractivity contribution in [2.75, 3.05) is 62.3 Å². The molecule has 0 aromatic carbocycles. The van der Waals surface area contributed by atoms with Gasteiger partial charge in [0.2, 0.25) is 5.95 Å². The normalized spacial score (nSPS) is 32.4. The van der Waals surface area contributed by atoms with Gasteiger partial charge in [0.25, 0.3) is 0 Å². The first kappa shape index (κ1) is 16.7. The summed E-state index contributed by atoms with van der Waals surface area (Å²) in [4.78, 5) is 16.0. The number of ether oxygens (including phenoxy) is 1. The molecule has 4 aliphatic rings. The van der Waals surface area contributed by atoms with Gasteiger partial charge in [0.1, 0.15) is 0 Å². The van der Waals surface area contributed by atoms with Crippen molar-refractivity contribution in [3.05, 3.63) is 12.0 Å². The van der Waals surface area contributed by atoms with Gasteiger partial charge in [-0.25, -0.2) is 9.37 Å². The van der Waals surface area contributed by atoms with Crippen molar-refractivity contribution >= 4 is 11.8 Å². The van der Waals surface area contributed by atoms with Gasteiger partial charge in [0, 0.05) is 38.8 Å². The Balaban J connectivity index is 1.37. The van der Waals surface area contributed by atoms with Crippen LogP contribution in [0.5, 0.6) is 0 Å². The molecule has 1 aromatic rings. The molecule has 0 saturated carbocycles. The van der Waals surface area contributed by atoms with Gasteiger partial charge in [0.15, 0.2) is 11.6 Å². The van der Waals surface area contributed by atoms with Crippen LogP contribution < -0.4 is 9.80 Å². The van der Waals surface area contributed by atoms with E-state index in [1.54, 1.807) is 0 Å². The van der Waals surface area contributed by atoms with Crippen molar-refractivity contribution < 1.29 is 9.13 Å². The molecule has 26 heavy (non-hydrogen) atoms. The first-order valence-electron chi connectivity index (χ1n) is 10.1. The van der Waals surface area contributed by atoms with E-state index in [-0.39, 0.29) is 5.82 Å². The van der Waals surface area contributed by atoms with Gasteiger partial charge in [-0.3, -0.25) is 4.90 Å². The van der Waals surface area contributed by atoms with Crippen LogP contribution in [0, 0.1) is 17.7 Å². The molecule has 6 nitrogen and oxygen atoms in total. The Morgan fingerprint density at radius 2 is 1.92 bits per heavy atom. The number of aromatic nitrogens is 2. The van der Waals surface area contributed by atoms with Crippen LogP contribution in [0.1, 0.15) is 25.7 Å². The summed E-state index contributed by atoms with van der Waals surface area (Å²) in [6, 6.07) is 0.724. The molecule has 0 unspecified atom stereocenters. The minimum absolute atomic E-state index is 0.327. The third-order valence-corrected chi connectivity index (χ3v) is 6.58. The Hall–Kier alpha value is -1.47. The van der Waals surface area contributed by atoms with E-state index in [2.05, 4.69) is 19.8 Å². The maximum absolute atomic E-state index is 14.3. The van der Waals surface area contributed by atoms with Crippen molar-refractivity contribution in [3.63, 3.8) is 0 Å². The highest BCUT2D eigenvalue weighted by Crippen LogP contribution is 2.38. The number of hydrogen-bond donors (Lipinski definition) is 0. The van der Waals surface area contributed by atoms with Crippen molar-refractivity contribution in [2.24, 2.45) is 11.8 Å². The molecule has 0 N–H and O–H groups in total. The molecule has 4 aliphatic heterocycles. The zero-order chi connectivity index (χ0) is 17.5. The average molecular weight is 361 g/mol. The Morgan fingerprint density at radius 3 is 2.81 bits per heavy atom. The SMILES string of the molecule is Fc1cnc(N2C[C@@H]3C[C@H](C2)[C@@H]2CCCCN2C3)nc1N1CCOCC1. The fourth-order valence-corrected chi connectivity index (χ4v) is 5.43. The Bertz CT molecular complexity index is 653. The van der Waals surface area contributed by atoms with E-state index >= 15 is 0 Å². The molecule has 1 aromatic heterocycles. The molecular formula is C19H28FN5O. The molecule has 5 rings (SSSR count). The number of halogens is 1. The van der Waals surface area contributed by atoms with Gasteiger partial charge in [-0.2, -0.15) is 4.98 Å². The first-order chi connectivity index (χ1) is 12.8. The van der Waals surface area contributed by atoms with Gasteiger partial charge in [-0.1, -0.05) is 6.42 Å². The second kappa shape index (κ2) is 6.93. The predicted molar refractivity (Wildman–Crippen MR) is 98.0 cm³/mol. The number of piperidine rings is 3. The highest BCUT2D eigenvalue weighted by atomic mass is 19.1. The lowest BCUT2D eigenvalue weighted by atomic mass is 9.76. The summed E-state index contributed by atoms with van der Waals surface area (Å²) in [7, 11) is 0. The Labute approximate surface area is 154 Å². The fourth-order valence-electron chi connectivity index (χ4n) is 5.43. The summed E-state index contributed by atoms with van der Waals surface area (Å²) in [6.07, 6.45) is 6.72. The van der Waals surface area contributed by atoms with Gasteiger partial charge in [0.05, 0.1) is 19.4 Å². The van der Waals surface area contributed by atoms with Crippen LogP contribution in [0.4, 0.5) is 16.2 Å². The molecule has 142 valence electrons. The molecule has 0 spiro atoms. The number of fused-ring (bicyclic) bond motifs is 4. The minimum Gasteiger partial charge on any atom is -0.378 e. The number of morpholine rings is 1. The zero-order valence-electron chi connectivity index (χ0n) is 15.3. The van der Waals surface area contributed by atoms with E-state index in [1.165, 1.54) is 45.0 Å². The lowest BCUT2D eigenvalue weighted by Gasteiger charge is -2.52. The van der Waals surface area contributed by atoms with E-state index < -0.39 is 0 Å². The van der Waals surface area contributed by atoms with Gasteiger partial charge < -0.3 is 14.5 Å². The lowest BCUT2D eigenvalue weighted by Crippen LogP contribution is -2.59. The summed E-state index contributed by atoms with van der Waals surface area (Å²) < 4.78 is 19.7. The smallest absolute Gasteiger partial charge is 0.227 e. The Morgan fingerprint density at radius 1 is 1.04 bits per heavy atom. The summed E-state index contributed by atoms with van der Waals surface area (Å²) in [5.41, 5.74) is 0. The van der Waals surface area contributed by atoms with E-state index in [4.69, 9.17) is 4.74 Å². The number of rotatable bonds is 2. The second-order valence-electron chi connectivity index (χ2n) is 8.27. The van der Waals surface area contributed by atoms with E-state index in [9.17, 15) is 4.39 Å². The second-order valence-corrected chi connectivity index (χ2v) is 8.27. The Kier molecular flexibility index (Phi) is 4.44. The van der Waals surface area contributed by atoms with Crippen LogP contribution in [0.2, 0.25) is 0 Å². The number of hydrogen-bond acceptors (Lipinski definition) is 6. The van der Waals surface area contributed by atoms with Gasteiger partial charge in [-0.05, 0) is 37.6 Å². The first-order valence-corrected chi connectivity index (χ1v) is 10.1. The molecule has 3 atom stereocenters. The molecule has 2 bridgehead atoms. The zero-order valence-corrected chi connectivity index (χ0v) is 15.3. The average Bonchev–Trinajstić information content (AvgIpc) is 2.69. The standard InChI is InChI=1S/C19H28FN5O/c20-16-10-21-19(22-18(16)23-5-7-26-8-6-23)25-12-14-9-15(13-25)17-3-1-2-4-24(17)11-14/h10,14-15,17H,1-9,11-13H2/t14-,15-,17+/m1/s1. The van der Waals surface area contributed by atoms with Crippen molar-refractivity contribution in [3.8, 4) is 0 Å². The van der Waals surface area contributed by atoms with Crippen LogP contribution in [0.25, 0.3) is 0 Å². The third-order valence-electron chi connectivity index (χ3n) is 6.58. The largest absolute Gasteiger partial charge is 0.378 e. The van der Waals surface area contributed by atoms with Crippen LogP contribution in [0.3, 0.4) is 0 Å². The molecule has 4 fully saturated rings. The van der Waals surface area contributed by atoms with E-state index in [0.29, 0.717) is 49.9 Å². The maximum atomic E-state index is 14.3. The molecule has 0 amide bonds. The molecule has 5 heterocycles. The van der Waals surface area contributed by atoms with Crippen molar-refractivity contribution in [1.29, 1.82) is 0 Å². The summed E-state index contributed by atoms with van der Waals surface area (Å²) in [6.45, 7) is 7.11. The van der Waals surface area contributed by atoms with Crippen molar-refractivity contribution in [1.82, 2.24) is 14.9 Å². The fraction of sp³-hybridized carbons (Fsp3) is 0.789. The summed E-state index contributed by atoms with van der Waals surface area (Å²) in [5.74, 6) is 2.19. The monoisotopic (exact) mass is 361 g/mol. The molecule has 4 saturated heterocycles. The summed E-state index contributed by atoms with van der Waals surface area (Å²) in [5, 5.41) is 0. The quantitative estimate of drug-likeness (QED) is 0.800. The number of nitrogens with zero attached hydrogens (tertiary/aromatic N) is 5.